The van der Waals surface area contributed by atoms with E-state index in [1.807, 2.05) is 25.1 Å². The van der Waals surface area contributed by atoms with Crippen LogP contribution < -0.4 is 15.4 Å². The maximum Gasteiger partial charge on any atom is 0.213 e. The summed E-state index contributed by atoms with van der Waals surface area (Å²) in [5, 5.41) is 6.29. The third kappa shape index (κ3) is 7.33. The van der Waals surface area contributed by atoms with Crippen molar-refractivity contribution in [1.29, 1.82) is 0 Å². The standard InChI is InChI=1S/C19H32N4O2S/c1-3-20-19(22-14-16(2)18-10-5-4-6-11-18)21-12-13-26(24,25)23-15-17-8-7-9-17/h4-6,10-11,16-17,23H,3,7-9,12-15H2,1-2H3,(H2,20,21,22). The second-order valence-corrected chi connectivity index (χ2v) is 8.85. The first-order valence-corrected chi connectivity index (χ1v) is 11.2. The first-order valence-electron chi connectivity index (χ1n) is 9.54. The van der Waals surface area contributed by atoms with Crippen LogP contribution in [0.1, 0.15) is 44.6 Å². The molecule has 0 heterocycles. The Morgan fingerprint density at radius 1 is 1.23 bits per heavy atom. The van der Waals surface area contributed by atoms with Gasteiger partial charge in [-0.1, -0.05) is 43.7 Å². The van der Waals surface area contributed by atoms with Crippen molar-refractivity contribution in [3.8, 4) is 0 Å². The number of hydrogen-bond acceptors (Lipinski definition) is 3. The van der Waals surface area contributed by atoms with E-state index in [0.717, 1.165) is 19.4 Å². The van der Waals surface area contributed by atoms with Gasteiger partial charge >= 0.3 is 0 Å². The van der Waals surface area contributed by atoms with Crippen LogP contribution in [0.4, 0.5) is 0 Å². The number of nitrogens with one attached hydrogen (secondary N) is 3. The second-order valence-electron chi connectivity index (χ2n) is 6.92. The van der Waals surface area contributed by atoms with Gasteiger partial charge in [0.2, 0.25) is 10.0 Å². The molecule has 1 aliphatic rings. The van der Waals surface area contributed by atoms with Gasteiger partial charge in [0, 0.05) is 32.1 Å². The minimum atomic E-state index is -3.23. The van der Waals surface area contributed by atoms with E-state index in [4.69, 9.17) is 0 Å². The third-order valence-electron chi connectivity index (χ3n) is 4.72. The van der Waals surface area contributed by atoms with Gasteiger partial charge in [-0.15, -0.1) is 0 Å². The molecular formula is C19H32N4O2S. The van der Waals surface area contributed by atoms with Crippen LogP contribution >= 0.6 is 0 Å². The Morgan fingerprint density at radius 3 is 2.58 bits per heavy atom. The van der Waals surface area contributed by atoms with Gasteiger partial charge < -0.3 is 10.6 Å². The number of guanidine groups is 1. The zero-order valence-corrected chi connectivity index (χ0v) is 16.7. The van der Waals surface area contributed by atoms with E-state index in [0.29, 0.717) is 37.4 Å². The molecule has 2 rings (SSSR count). The lowest BCUT2D eigenvalue weighted by Gasteiger charge is -2.25. The molecule has 1 aliphatic carbocycles. The normalized spacial score (nSPS) is 16.8. The molecule has 0 saturated heterocycles. The lowest BCUT2D eigenvalue weighted by Crippen LogP contribution is -2.42. The first-order chi connectivity index (χ1) is 12.5. The summed E-state index contributed by atoms with van der Waals surface area (Å²) in [5.74, 6) is 1.54. The van der Waals surface area contributed by atoms with Crippen LogP contribution in [0.3, 0.4) is 0 Å². The highest BCUT2D eigenvalue weighted by molar-refractivity contribution is 7.89. The summed E-state index contributed by atoms with van der Waals surface area (Å²) in [6, 6.07) is 10.3. The summed E-state index contributed by atoms with van der Waals surface area (Å²) in [4.78, 5) is 4.59. The molecule has 1 aromatic rings. The predicted octanol–water partition coefficient (Wildman–Crippen LogP) is 2.06. The zero-order valence-electron chi connectivity index (χ0n) is 15.9. The Kier molecular flexibility index (Phi) is 8.38. The number of nitrogens with zero attached hydrogens (tertiary/aromatic N) is 1. The minimum Gasteiger partial charge on any atom is -0.357 e. The van der Waals surface area contributed by atoms with E-state index in [-0.39, 0.29) is 5.75 Å². The highest BCUT2D eigenvalue weighted by atomic mass is 32.2. The SMILES string of the molecule is CCNC(=NCC(C)c1ccccc1)NCCS(=O)(=O)NCC1CCC1. The van der Waals surface area contributed by atoms with Gasteiger partial charge in [0.1, 0.15) is 0 Å². The lowest BCUT2D eigenvalue weighted by atomic mass is 9.86. The van der Waals surface area contributed by atoms with Crippen molar-refractivity contribution in [3.05, 3.63) is 35.9 Å². The molecule has 1 saturated carbocycles. The van der Waals surface area contributed by atoms with Crippen molar-refractivity contribution in [2.24, 2.45) is 10.9 Å². The maximum absolute atomic E-state index is 12.1. The minimum absolute atomic E-state index is 0.0539. The molecule has 0 aliphatic heterocycles. The lowest BCUT2D eigenvalue weighted by molar-refractivity contribution is 0.316. The highest BCUT2D eigenvalue weighted by Crippen LogP contribution is 2.25. The quantitative estimate of drug-likeness (QED) is 0.429. The average molecular weight is 381 g/mol. The maximum atomic E-state index is 12.1. The van der Waals surface area contributed by atoms with Crippen LogP contribution in [0.5, 0.6) is 0 Å². The van der Waals surface area contributed by atoms with E-state index in [1.54, 1.807) is 0 Å². The molecule has 1 unspecified atom stereocenters. The fraction of sp³-hybridized carbons (Fsp3) is 0.632. The second kappa shape index (κ2) is 10.5. The molecule has 6 nitrogen and oxygen atoms in total. The molecule has 1 fully saturated rings. The molecule has 0 spiro atoms. The summed E-state index contributed by atoms with van der Waals surface area (Å²) < 4.78 is 26.8. The number of sulfonamides is 1. The predicted molar refractivity (Wildman–Crippen MR) is 108 cm³/mol. The molecule has 3 N–H and O–H groups in total. The van der Waals surface area contributed by atoms with E-state index < -0.39 is 10.0 Å². The van der Waals surface area contributed by atoms with Gasteiger partial charge in [-0.05, 0) is 31.2 Å². The molecule has 1 aromatic carbocycles. The largest absolute Gasteiger partial charge is 0.357 e. The van der Waals surface area contributed by atoms with Gasteiger partial charge in [0.25, 0.3) is 0 Å². The Balaban J connectivity index is 1.77. The zero-order chi connectivity index (χ0) is 18.8. The number of hydrogen-bond donors (Lipinski definition) is 3. The van der Waals surface area contributed by atoms with Crippen LogP contribution in [0.2, 0.25) is 0 Å². The van der Waals surface area contributed by atoms with E-state index in [2.05, 4.69) is 39.4 Å². The fourth-order valence-corrected chi connectivity index (χ4v) is 3.78. The number of aliphatic imine (C=N–C) groups is 1. The molecule has 26 heavy (non-hydrogen) atoms. The monoisotopic (exact) mass is 380 g/mol. The molecule has 0 bridgehead atoms. The number of benzene rings is 1. The van der Waals surface area contributed by atoms with Crippen LogP contribution in [-0.2, 0) is 10.0 Å². The van der Waals surface area contributed by atoms with Crippen molar-refractivity contribution in [2.75, 3.05) is 31.9 Å². The summed E-state index contributed by atoms with van der Waals surface area (Å²) in [6.45, 7) is 6.42. The van der Waals surface area contributed by atoms with Gasteiger partial charge in [-0.3, -0.25) is 4.99 Å². The van der Waals surface area contributed by atoms with Crippen LogP contribution in [0.25, 0.3) is 0 Å². The third-order valence-corrected chi connectivity index (χ3v) is 6.06. The van der Waals surface area contributed by atoms with Crippen LogP contribution in [0.15, 0.2) is 35.3 Å². The van der Waals surface area contributed by atoms with Crippen molar-refractivity contribution < 1.29 is 8.42 Å². The highest BCUT2D eigenvalue weighted by Gasteiger charge is 2.20. The first kappa shape index (κ1) is 20.7. The Morgan fingerprint density at radius 2 is 1.96 bits per heavy atom. The van der Waals surface area contributed by atoms with Crippen molar-refractivity contribution >= 4 is 16.0 Å². The van der Waals surface area contributed by atoms with Gasteiger partial charge in [0.15, 0.2) is 5.96 Å². The molecule has 7 heteroatoms. The van der Waals surface area contributed by atoms with Crippen LogP contribution in [-0.4, -0.2) is 46.3 Å². The average Bonchev–Trinajstić information content (AvgIpc) is 2.58. The number of rotatable bonds is 10. The van der Waals surface area contributed by atoms with Crippen molar-refractivity contribution in [2.45, 2.75) is 39.0 Å². The van der Waals surface area contributed by atoms with Gasteiger partial charge in [-0.2, -0.15) is 0 Å². The smallest absolute Gasteiger partial charge is 0.213 e. The van der Waals surface area contributed by atoms with Crippen molar-refractivity contribution in [1.82, 2.24) is 15.4 Å². The molecule has 0 amide bonds. The van der Waals surface area contributed by atoms with E-state index in [9.17, 15) is 8.42 Å². The van der Waals surface area contributed by atoms with E-state index >= 15 is 0 Å². The Bertz CT molecular complexity index is 657. The molecule has 1 atom stereocenters. The van der Waals surface area contributed by atoms with E-state index in [1.165, 1.54) is 12.0 Å². The molecular weight excluding hydrogens is 348 g/mol. The van der Waals surface area contributed by atoms with Gasteiger partial charge in [-0.25, -0.2) is 13.1 Å². The van der Waals surface area contributed by atoms with Crippen molar-refractivity contribution in [3.63, 3.8) is 0 Å². The fourth-order valence-electron chi connectivity index (χ4n) is 2.77. The Labute approximate surface area is 157 Å². The molecule has 146 valence electrons. The molecule has 0 aromatic heterocycles. The summed E-state index contributed by atoms with van der Waals surface area (Å²) in [5.41, 5.74) is 1.25. The summed E-state index contributed by atoms with van der Waals surface area (Å²) in [6.07, 6.45) is 3.49. The summed E-state index contributed by atoms with van der Waals surface area (Å²) >= 11 is 0. The van der Waals surface area contributed by atoms with Gasteiger partial charge in [0.05, 0.1) is 5.75 Å². The summed E-state index contributed by atoms with van der Waals surface area (Å²) in [7, 11) is -3.23. The molecule has 0 radical (unpaired) electrons. The van der Waals surface area contributed by atoms with Crippen LogP contribution in [0, 0.1) is 5.92 Å². The topological polar surface area (TPSA) is 82.6 Å². The Hall–Kier alpha value is -1.60.